The van der Waals surface area contributed by atoms with Gasteiger partial charge in [-0.25, -0.2) is 0 Å². The summed E-state index contributed by atoms with van der Waals surface area (Å²) in [5.74, 6) is -0.0681. The predicted molar refractivity (Wildman–Crippen MR) is 132 cm³/mol. The Morgan fingerprint density at radius 3 is 2.58 bits per heavy atom. The molecule has 4 rings (SSSR count). The lowest BCUT2D eigenvalue weighted by molar-refractivity contribution is -0.142. The molecule has 3 atom stereocenters. The number of nitrogens with one attached hydrogen (secondary N) is 1. The maximum Gasteiger partial charge on any atom is 0.294 e. The Kier molecular flexibility index (Phi) is 7.93. The van der Waals surface area contributed by atoms with Gasteiger partial charge in [0, 0.05) is 56.9 Å². The lowest BCUT2D eigenvalue weighted by Crippen LogP contribution is -2.51. The van der Waals surface area contributed by atoms with Gasteiger partial charge in [-0.2, -0.15) is 0 Å². The maximum atomic E-state index is 13.3. The maximum absolute atomic E-state index is 13.3. The number of carbonyl (C=O) groups excluding carboxylic acids is 3. The molecule has 1 N–H and O–H groups in total. The Bertz CT molecular complexity index is 1080. The van der Waals surface area contributed by atoms with Crippen LogP contribution in [-0.4, -0.2) is 78.7 Å². The van der Waals surface area contributed by atoms with E-state index in [-0.39, 0.29) is 48.2 Å². The molecule has 10 heteroatoms. The molecule has 0 unspecified atom stereocenters. The van der Waals surface area contributed by atoms with Gasteiger partial charge in [0.1, 0.15) is 12.4 Å². The molecule has 2 aromatic rings. The van der Waals surface area contributed by atoms with Gasteiger partial charge in [0.25, 0.3) is 11.8 Å². The van der Waals surface area contributed by atoms with E-state index in [1.165, 1.54) is 12.3 Å². The normalized spacial score (nSPS) is 23.6. The van der Waals surface area contributed by atoms with Crippen LogP contribution in [0.5, 0.6) is 5.75 Å². The fraction of sp³-hybridized carbons (Fsp3) is 0.538. The summed E-state index contributed by atoms with van der Waals surface area (Å²) >= 11 is 0. The number of carbonyl (C=O) groups is 3. The number of fused-ring (bicyclic) bond motifs is 1. The Balaban J connectivity index is 1.63. The Hall–Kier alpha value is -3.40. The third-order valence-electron chi connectivity index (χ3n) is 7.10. The number of amides is 3. The molecule has 2 aliphatic rings. The number of rotatable bonds is 4. The molecule has 36 heavy (non-hydrogen) atoms. The minimum Gasteiger partial charge on any atom is -0.491 e. The minimum absolute atomic E-state index is 0.0179. The van der Waals surface area contributed by atoms with Crippen LogP contribution in [0, 0.1) is 11.8 Å². The van der Waals surface area contributed by atoms with Crippen LogP contribution in [0.4, 0.5) is 5.69 Å². The molecule has 1 saturated carbocycles. The number of likely N-dealkylation sites (N-methyl/N-ethyl adjacent to an activating group) is 1. The summed E-state index contributed by atoms with van der Waals surface area (Å²) in [4.78, 5) is 42.6. The highest BCUT2D eigenvalue weighted by Crippen LogP contribution is 2.31. The van der Waals surface area contributed by atoms with Crippen molar-refractivity contribution in [1.29, 1.82) is 0 Å². The van der Waals surface area contributed by atoms with Gasteiger partial charge in [-0.1, -0.05) is 18.5 Å². The summed E-state index contributed by atoms with van der Waals surface area (Å²) in [5, 5.41) is 6.28. The summed E-state index contributed by atoms with van der Waals surface area (Å²) in [6.45, 7) is 5.08. The average Bonchev–Trinajstić information content (AvgIpc) is 3.37. The number of hydrogen-bond acceptors (Lipinski definition) is 7. The van der Waals surface area contributed by atoms with Gasteiger partial charge in [-0.3, -0.25) is 14.4 Å². The van der Waals surface area contributed by atoms with Crippen molar-refractivity contribution in [3.8, 4) is 5.75 Å². The molecule has 194 valence electrons. The lowest BCUT2D eigenvalue weighted by Gasteiger charge is -2.39. The predicted octanol–water partition coefficient (Wildman–Crippen LogP) is 3.06. The highest BCUT2D eigenvalue weighted by atomic mass is 16.5. The molecule has 1 aliphatic heterocycles. The number of aromatic nitrogens is 1. The molecular formula is C26H34N4O6. The SMILES string of the molecule is CO[C@@H]1CN(C)C(=O)c2ccc(NC(=O)c3ccno3)cc2OC[C@H](C)N(C(=O)C2CCC2)C[C@@H]1C. The van der Waals surface area contributed by atoms with Gasteiger partial charge in [-0.05, 0) is 31.9 Å². The molecule has 2 heterocycles. The van der Waals surface area contributed by atoms with Crippen LogP contribution in [-0.2, 0) is 9.53 Å². The first-order chi connectivity index (χ1) is 17.3. The van der Waals surface area contributed by atoms with Crippen LogP contribution in [0.1, 0.15) is 54.0 Å². The van der Waals surface area contributed by atoms with Crippen LogP contribution in [0.3, 0.4) is 0 Å². The molecular weight excluding hydrogens is 464 g/mol. The van der Waals surface area contributed by atoms with Crippen molar-refractivity contribution < 1.29 is 28.4 Å². The Morgan fingerprint density at radius 1 is 1.17 bits per heavy atom. The molecule has 10 nitrogen and oxygen atoms in total. The number of methoxy groups -OCH3 is 1. The van der Waals surface area contributed by atoms with Crippen molar-refractivity contribution in [2.24, 2.45) is 11.8 Å². The molecule has 1 aliphatic carbocycles. The van der Waals surface area contributed by atoms with Crippen LogP contribution >= 0.6 is 0 Å². The topological polar surface area (TPSA) is 114 Å². The quantitative estimate of drug-likeness (QED) is 0.689. The summed E-state index contributed by atoms with van der Waals surface area (Å²) in [7, 11) is 3.35. The molecule has 0 radical (unpaired) electrons. The fourth-order valence-corrected chi connectivity index (χ4v) is 4.57. The van der Waals surface area contributed by atoms with Gasteiger partial charge in [-0.15, -0.1) is 0 Å². The largest absolute Gasteiger partial charge is 0.491 e. The van der Waals surface area contributed by atoms with Gasteiger partial charge in [0.05, 0.1) is 23.9 Å². The smallest absolute Gasteiger partial charge is 0.294 e. The van der Waals surface area contributed by atoms with Crippen molar-refractivity contribution in [3.05, 3.63) is 41.8 Å². The van der Waals surface area contributed by atoms with Gasteiger partial charge in [0.2, 0.25) is 11.7 Å². The molecule has 1 aromatic heterocycles. The Morgan fingerprint density at radius 2 is 1.94 bits per heavy atom. The monoisotopic (exact) mass is 498 g/mol. The summed E-state index contributed by atoms with van der Waals surface area (Å²) in [5.41, 5.74) is 0.804. The van der Waals surface area contributed by atoms with Crippen LogP contribution in [0.15, 0.2) is 35.0 Å². The first kappa shape index (κ1) is 25.7. The van der Waals surface area contributed by atoms with Crippen LogP contribution < -0.4 is 10.1 Å². The first-order valence-electron chi connectivity index (χ1n) is 12.4. The zero-order valence-electron chi connectivity index (χ0n) is 21.2. The zero-order valence-corrected chi connectivity index (χ0v) is 21.2. The van der Waals surface area contributed by atoms with Crippen LogP contribution in [0.2, 0.25) is 0 Å². The third kappa shape index (κ3) is 5.53. The summed E-state index contributed by atoms with van der Waals surface area (Å²) in [6, 6.07) is 6.12. The van der Waals surface area contributed by atoms with E-state index in [0.29, 0.717) is 30.1 Å². The van der Waals surface area contributed by atoms with Crippen molar-refractivity contribution >= 4 is 23.4 Å². The number of benzene rings is 1. The van der Waals surface area contributed by atoms with Crippen molar-refractivity contribution in [3.63, 3.8) is 0 Å². The second-order valence-electron chi connectivity index (χ2n) is 9.76. The number of ether oxygens (including phenoxy) is 2. The fourth-order valence-electron chi connectivity index (χ4n) is 4.57. The minimum atomic E-state index is -0.466. The number of nitrogens with zero attached hydrogens (tertiary/aromatic N) is 3. The van der Waals surface area contributed by atoms with Crippen molar-refractivity contribution in [2.75, 3.05) is 39.2 Å². The van der Waals surface area contributed by atoms with E-state index >= 15 is 0 Å². The van der Waals surface area contributed by atoms with E-state index in [9.17, 15) is 14.4 Å². The van der Waals surface area contributed by atoms with Gasteiger partial charge < -0.3 is 29.1 Å². The molecule has 1 aromatic carbocycles. The van der Waals surface area contributed by atoms with E-state index < -0.39 is 5.91 Å². The van der Waals surface area contributed by atoms with Crippen LogP contribution in [0.25, 0.3) is 0 Å². The second-order valence-corrected chi connectivity index (χ2v) is 9.76. The molecule has 0 saturated heterocycles. The molecule has 0 spiro atoms. The highest BCUT2D eigenvalue weighted by molar-refractivity contribution is 6.03. The number of hydrogen-bond donors (Lipinski definition) is 1. The van der Waals surface area contributed by atoms with E-state index in [4.69, 9.17) is 14.0 Å². The van der Waals surface area contributed by atoms with Crippen molar-refractivity contribution in [1.82, 2.24) is 15.0 Å². The summed E-state index contributed by atoms with van der Waals surface area (Å²) in [6.07, 6.45) is 4.05. The first-order valence-corrected chi connectivity index (χ1v) is 12.4. The van der Waals surface area contributed by atoms with E-state index in [1.54, 1.807) is 37.3 Å². The molecule has 3 amide bonds. The molecule has 0 bridgehead atoms. The standard InChI is InChI=1S/C26H34N4O6/c1-16-13-30(25(32)18-6-5-7-18)17(2)15-35-22-12-19(28-24(31)21-10-11-27-36-21)8-9-20(22)26(33)29(3)14-23(16)34-4/h8-12,16-18,23H,5-7,13-15H2,1-4H3,(H,28,31)/t16-,17-,23+/m0/s1. The molecule has 1 fully saturated rings. The zero-order chi connectivity index (χ0) is 25.8. The third-order valence-corrected chi connectivity index (χ3v) is 7.10. The van der Waals surface area contributed by atoms with E-state index in [0.717, 1.165) is 19.3 Å². The van der Waals surface area contributed by atoms with Gasteiger partial charge >= 0.3 is 0 Å². The average molecular weight is 499 g/mol. The lowest BCUT2D eigenvalue weighted by atomic mass is 9.83. The second kappa shape index (κ2) is 11.1. The summed E-state index contributed by atoms with van der Waals surface area (Å²) < 4.78 is 16.8. The van der Waals surface area contributed by atoms with E-state index in [1.807, 2.05) is 18.7 Å². The van der Waals surface area contributed by atoms with E-state index in [2.05, 4.69) is 10.5 Å². The van der Waals surface area contributed by atoms with Crippen molar-refractivity contribution in [2.45, 2.75) is 45.3 Å². The highest BCUT2D eigenvalue weighted by Gasteiger charge is 2.35. The Labute approximate surface area is 210 Å². The number of anilines is 1. The van der Waals surface area contributed by atoms with Gasteiger partial charge in [0.15, 0.2) is 0 Å².